The van der Waals surface area contributed by atoms with Crippen molar-refractivity contribution in [2.24, 2.45) is 4.99 Å². The minimum Gasteiger partial charge on any atom is -0.487 e. The molecule has 6 heteroatoms. The summed E-state index contributed by atoms with van der Waals surface area (Å²) < 4.78 is 6.11. The third kappa shape index (κ3) is 6.30. The second-order valence-corrected chi connectivity index (χ2v) is 7.54. The van der Waals surface area contributed by atoms with Gasteiger partial charge in [0.1, 0.15) is 11.4 Å². The van der Waals surface area contributed by atoms with E-state index < -0.39 is 0 Å². The van der Waals surface area contributed by atoms with E-state index in [-0.39, 0.29) is 35.6 Å². The van der Waals surface area contributed by atoms with Crippen LogP contribution >= 0.6 is 24.0 Å². The van der Waals surface area contributed by atoms with Crippen LogP contribution in [0.3, 0.4) is 0 Å². The van der Waals surface area contributed by atoms with Crippen molar-refractivity contribution in [3.05, 3.63) is 29.8 Å². The van der Waals surface area contributed by atoms with E-state index in [1.54, 1.807) is 0 Å². The maximum Gasteiger partial charge on any atom is 0.191 e. The number of rotatable bonds is 6. The summed E-state index contributed by atoms with van der Waals surface area (Å²) in [4.78, 5) is 6.77. The first-order valence-corrected chi connectivity index (χ1v) is 9.31. The average molecular weight is 474 g/mol. The van der Waals surface area contributed by atoms with Gasteiger partial charge >= 0.3 is 0 Å². The third-order valence-electron chi connectivity index (χ3n) is 5.01. The van der Waals surface area contributed by atoms with Gasteiger partial charge in [0.05, 0.1) is 6.04 Å². The fraction of sp³-hybridized carbons (Fsp3) is 0.650. The molecule has 2 unspecified atom stereocenters. The third-order valence-corrected chi connectivity index (χ3v) is 5.01. The normalized spacial score (nSPS) is 19.8. The van der Waals surface area contributed by atoms with Crippen LogP contribution in [0, 0.1) is 0 Å². The first kappa shape index (κ1) is 23.0. The van der Waals surface area contributed by atoms with Gasteiger partial charge in [-0.3, -0.25) is 4.99 Å². The first-order valence-electron chi connectivity index (χ1n) is 9.31. The van der Waals surface area contributed by atoms with Crippen molar-refractivity contribution in [1.82, 2.24) is 15.5 Å². The molecule has 0 amide bonds. The monoisotopic (exact) mass is 474 g/mol. The topological polar surface area (TPSA) is 48.9 Å². The number of fused-ring (bicyclic) bond motifs is 1. The number of hydrogen-bond acceptors (Lipinski definition) is 3. The maximum absolute atomic E-state index is 6.11. The Morgan fingerprint density at radius 3 is 2.73 bits per heavy atom. The summed E-state index contributed by atoms with van der Waals surface area (Å²) in [6.07, 6.45) is 2.06. The van der Waals surface area contributed by atoms with Crippen molar-refractivity contribution >= 4 is 29.9 Å². The predicted octanol–water partition coefficient (Wildman–Crippen LogP) is 3.80. The Balaban J connectivity index is 0.00000338. The summed E-state index contributed by atoms with van der Waals surface area (Å²) >= 11 is 0. The zero-order valence-corrected chi connectivity index (χ0v) is 19.3. The molecule has 1 aliphatic rings. The molecule has 2 atom stereocenters. The highest BCUT2D eigenvalue weighted by molar-refractivity contribution is 14.0. The van der Waals surface area contributed by atoms with Crippen molar-refractivity contribution in [2.45, 2.75) is 58.2 Å². The molecule has 2 N–H and O–H groups in total. The van der Waals surface area contributed by atoms with Crippen molar-refractivity contribution in [1.29, 1.82) is 0 Å². The molecule has 1 heterocycles. The molecular formula is C20H35IN4O. The maximum atomic E-state index is 6.11. The molecule has 1 aromatic rings. The fourth-order valence-corrected chi connectivity index (χ4v) is 3.17. The summed E-state index contributed by atoms with van der Waals surface area (Å²) in [6.45, 7) is 10.6. The molecule has 0 radical (unpaired) electrons. The Hall–Kier alpha value is -1.02. The standard InChI is InChI=1S/C20H34N4O.HI/c1-7-15(2)24(6)13-12-22-19(21-5)23-17-14-20(3,4)25-18-11-9-8-10-16(17)18;/h8-11,15,17H,7,12-14H2,1-6H3,(H2,21,22,23);1H. The van der Waals surface area contributed by atoms with Crippen LogP contribution in [0.5, 0.6) is 5.75 Å². The van der Waals surface area contributed by atoms with E-state index in [9.17, 15) is 0 Å². The SMILES string of the molecule is CCC(C)N(C)CCNC(=NC)NC1CC(C)(C)Oc2ccccc21.I. The van der Waals surface area contributed by atoms with Gasteiger partial charge in [-0.25, -0.2) is 0 Å². The van der Waals surface area contributed by atoms with E-state index in [0.29, 0.717) is 6.04 Å². The first-order chi connectivity index (χ1) is 11.9. The molecular weight excluding hydrogens is 439 g/mol. The molecule has 0 spiro atoms. The van der Waals surface area contributed by atoms with Crippen molar-refractivity contribution in [3.63, 3.8) is 0 Å². The Bertz CT molecular complexity index is 591. The lowest BCUT2D eigenvalue weighted by molar-refractivity contribution is 0.0694. The number of nitrogens with one attached hydrogen (secondary N) is 2. The number of ether oxygens (including phenoxy) is 1. The van der Waals surface area contributed by atoms with E-state index in [2.05, 4.69) is 67.4 Å². The minimum atomic E-state index is -0.193. The molecule has 0 aliphatic carbocycles. The van der Waals surface area contributed by atoms with Crippen LogP contribution in [-0.2, 0) is 0 Å². The molecule has 0 saturated carbocycles. The van der Waals surface area contributed by atoms with E-state index in [1.807, 2.05) is 19.2 Å². The molecule has 148 valence electrons. The zero-order chi connectivity index (χ0) is 18.4. The Labute approximate surface area is 176 Å². The number of benzene rings is 1. The van der Waals surface area contributed by atoms with Crippen LogP contribution in [0.1, 0.15) is 52.1 Å². The van der Waals surface area contributed by atoms with Gasteiger partial charge in [0.25, 0.3) is 0 Å². The van der Waals surface area contributed by atoms with E-state index in [1.165, 1.54) is 5.56 Å². The molecule has 0 bridgehead atoms. The summed E-state index contributed by atoms with van der Waals surface area (Å²) in [6, 6.07) is 9.05. The lowest BCUT2D eigenvalue weighted by atomic mass is 9.90. The number of guanidine groups is 1. The second kappa shape index (κ2) is 10.3. The Kier molecular flexibility index (Phi) is 9.16. The number of halogens is 1. The van der Waals surface area contributed by atoms with Crippen molar-refractivity contribution in [2.75, 3.05) is 27.2 Å². The number of nitrogens with zero attached hydrogens (tertiary/aromatic N) is 2. The van der Waals surface area contributed by atoms with Crippen LogP contribution in [0.25, 0.3) is 0 Å². The van der Waals surface area contributed by atoms with Gasteiger partial charge in [-0.2, -0.15) is 0 Å². The van der Waals surface area contributed by atoms with Crippen LogP contribution in [0.2, 0.25) is 0 Å². The predicted molar refractivity (Wildman–Crippen MR) is 121 cm³/mol. The number of likely N-dealkylation sites (N-methyl/N-ethyl adjacent to an activating group) is 1. The van der Waals surface area contributed by atoms with Gasteiger partial charge in [-0.15, -0.1) is 24.0 Å². The summed E-state index contributed by atoms with van der Waals surface area (Å²) in [5.41, 5.74) is 1.00. The molecule has 1 aliphatic heterocycles. The quantitative estimate of drug-likeness (QED) is 0.374. The molecule has 0 saturated heterocycles. The average Bonchev–Trinajstić information content (AvgIpc) is 2.58. The smallest absolute Gasteiger partial charge is 0.191 e. The van der Waals surface area contributed by atoms with Gasteiger partial charge < -0.3 is 20.3 Å². The van der Waals surface area contributed by atoms with Gasteiger partial charge in [-0.1, -0.05) is 25.1 Å². The van der Waals surface area contributed by atoms with Crippen LogP contribution in [-0.4, -0.2) is 49.7 Å². The molecule has 1 aromatic carbocycles. The highest BCUT2D eigenvalue weighted by atomic mass is 127. The largest absolute Gasteiger partial charge is 0.487 e. The minimum absolute atomic E-state index is 0. The number of hydrogen-bond donors (Lipinski definition) is 2. The van der Waals surface area contributed by atoms with E-state index in [0.717, 1.165) is 37.6 Å². The molecule has 0 fully saturated rings. The summed E-state index contributed by atoms with van der Waals surface area (Å²) in [5, 5.41) is 7.02. The van der Waals surface area contributed by atoms with Gasteiger partial charge in [0, 0.05) is 38.2 Å². The van der Waals surface area contributed by atoms with Crippen LogP contribution < -0.4 is 15.4 Å². The fourth-order valence-electron chi connectivity index (χ4n) is 3.17. The van der Waals surface area contributed by atoms with Gasteiger partial charge in [0.15, 0.2) is 5.96 Å². The number of aliphatic imine (C=N–C) groups is 1. The van der Waals surface area contributed by atoms with Crippen molar-refractivity contribution < 1.29 is 4.74 Å². The lowest BCUT2D eigenvalue weighted by Crippen LogP contribution is -2.47. The zero-order valence-electron chi connectivity index (χ0n) is 17.0. The summed E-state index contributed by atoms with van der Waals surface area (Å²) in [5.74, 6) is 1.80. The number of para-hydroxylation sites is 1. The second-order valence-electron chi connectivity index (χ2n) is 7.54. The molecule has 5 nitrogen and oxygen atoms in total. The highest BCUT2D eigenvalue weighted by Gasteiger charge is 2.33. The van der Waals surface area contributed by atoms with Crippen LogP contribution in [0.15, 0.2) is 29.3 Å². The van der Waals surface area contributed by atoms with Crippen molar-refractivity contribution in [3.8, 4) is 5.75 Å². The van der Waals surface area contributed by atoms with E-state index in [4.69, 9.17) is 4.74 Å². The summed E-state index contributed by atoms with van der Waals surface area (Å²) in [7, 11) is 3.99. The van der Waals surface area contributed by atoms with Crippen LogP contribution in [0.4, 0.5) is 0 Å². The van der Waals surface area contributed by atoms with Gasteiger partial charge in [-0.05, 0) is 40.3 Å². The lowest BCUT2D eigenvalue weighted by Gasteiger charge is -2.38. The van der Waals surface area contributed by atoms with E-state index >= 15 is 0 Å². The molecule has 2 rings (SSSR count). The Morgan fingerprint density at radius 1 is 1.38 bits per heavy atom. The highest BCUT2D eigenvalue weighted by Crippen LogP contribution is 2.39. The Morgan fingerprint density at radius 2 is 2.08 bits per heavy atom. The molecule has 0 aromatic heterocycles. The molecule has 26 heavy (non-hydrogen) atoms. The van der Waals surface area contributed by atoms with Gasteiger partial charge in [0.2, 0.25) is 0 Å².